The molecule has 0 aliphatic carbocycles. The Hall–Kier alpha value is -0.870. The molecule has 1 heterocycles. The minimum atomic E-state index is -2.93. The van der Waals surface area contributed by atoms with Gasteiger partial charge in [-0.15, -0.1) is 0 Å². The maximum atomic E-state index is 11.8. The number of nitrogens with one attached hydrogen (secondary N) is 1. The summed E-state index contributed by atoms with van der Waals surface area (Å²) < 4.78 is 23.6. The zero-order valence-electron chi connectivity index (χ0n) is 8.52. The van der Waals surface area contributed by atoms with Crippen LogP contribution in [0.5, 0.6) is 0 Å². The summed E-state index contributed by atoms with van der Waals surface area (Å²) in [5.74, 6) is 0.804. The van der Waals surface area contributed by atoms with Crippen LogP contribution in [0.4, 0.5) is 0 Å². The van der Waals surface area contributed by atoms with E-state index in [0.29, 0.717) is 11.7 Å². The van der Waals surface area contributed by atoms with Crippen LogP contribution in [0.1, 0.15) is 5.56 Å². The molecule has 0 aromatic heterocycles. The van der Waals surface area contributed by atoms with E-state index in [4.69, 9.17) is 0 Å². The van der Waals surface area contributed by atoms with Crippen molar-refractivity contribution >= 4 is 9.84 Å². The van der Waals surface area contributed by atoms with Crippen LogP contribution in [0.3, 0.4) is 0 Å². The smallest absolute Gasteiger partial charge is 0.154 e. The van der Waals surface area contributed by atoms with Gasteiger partial charge in [-0.25, -0.2) is 8.42 Å². The third kappa shape index (κ3) is 3.04. The molecule has 4 heteroatoms. The topological polar surface area (TPSA) is 46.2 Å². The first-order valence-electron chi connectivity index (χ1n) is 5.11. The molecule has 0 bridgehead atoms. The fraction of sp³-hybridized carbons (Fsp3) is 0.455. The average Bonchev–Trinajstić information content (AvgIpc) is 2.13. The second-order valence-electron chi connectivity index (χ2n) is 4.06. The molecule has 1 aromatic rings. The van der Waals surface area contributed by atoms with Crippen molar-refractivity contribution in [1.82, 2.24) is 5.32 Å². The third-order valence-electron chi connectivity index (χ3n) is 2.59. The SMILES string of the molecule is O=S(=O)(Cc1ccccc1)CC1CNC1. The van der Waals surface area contributed by atoms with Gasteiger partial charge in [0.15, 0.2) is 9.84 Å². The van der Waals surface area contributed by atoms with Crippen LogP contribution in [-0.4, -0.2) is 27.3 Å². The van der Waals surface area contributed by atoms with Crippen LogP contribution in [-0.2, 0) is 15.6 Å². The normalized spacial score (nSPS) is 17.3. The van der Waals surface area contributed by atoms with E-state index < -0.39 is 9.84 Å². The summed E-state index contributed by atoms with van der Waals surface area (Å²) in [5, 5.41) is 3.08. The molecule has 0 saturated carbocycles. The van der Waals surface area contributed by atoms with E-state index in [-0.39, 0.29) is 5.75 Å². The lowest BCUT2D eigenvalue weighted by Crippen LogP contribution is -2.45. The van der Waals surface area contributed by atoms with Crippen molar-refractivity contribution < 1.29 is 8.42 Å². The maximum absolute atomic E-state index is 11.8. The van der Waals surface area contributed by atoms with E-state index in [1.54, 1.807) is 0 Å². The summed E-state index contributed by atoms with van der Waals surface area (Å²) >= 11 is 0. The number of sulfone groups is 1. The predicted octanol–water partition coefficient (Wildman–Crippen LogP) is 0.821. The fourth-order valence-electron chi connectivity index (χ4n) is 1.71. The Morgan fingerprint density at radius 2 is 1.87 bits per heavy atom. The van der Waals surface area contributed by atoms with Gasteiger partial charge in [-0.2, -0.15) is 0 Å². The molecule has 0 spiro atoms. The van der Waals surface area contributed by atoms with Crippen molar-refractivity contribution in [2.75, 3.05) is 18.8 Å². The highest BCUT2D eigenvalue weighted by molar-refractivity contribution is 7.90. The maximum Gasteiger partial charge on any atom is 0.154 e. The molecule has 0 radical (unpaired) electrons. The molecule has 1 aromatic carbocycles. The standard InChI is InChI=1S/C11H15NO2S/c13-15(14,9-11-6-12-7-11)8-10-4-2-1-3-5-10/h1-5,11-12H,6-9H2. The second kappa shape index (κ2) is 4.33. The minimum absolute atomic E-state index is 0.171. The van der Waals surface area contributed by atoms with Crippen molar-refractivity contribution in [3.63, 3.8) is 0 Å². The van der Waals surface area contributed by atoms with Gasteiger partial charge < -0.3 is 5.32 Å². The molecular weight excluding hydrogens is 210 g/mol. The van der Waals surface area contributed by atoms with E-state index in [1.807, 2.05) is 30.3 Å². The number of hydrogen-bond acceptors (Lipinski definition) is 3. The summed E-state index contributed by atoms with van der Waals surface area (Å²) in [6.07, 6.45) is 0. The molecule has 1 fully saturated rings. The molecule has 1 aliphatic rings. The van der Waals surface area contributed by atoms with Gasteiger partial charge in [0, 0.05) is 13.1 Å². The van der Waals surface area contributed by atoms with Gasteiger partial charge in [-0.1, -0.05) is 30.3 Å². The first kappa shape index (κ1) is 10.6. The van der Waals surface area contributed by atoms with Crippen LogP contribution < -0.4 is 5.32 Å². The monoisotopic (exact) mass is 225 g/mol. The predicted molar refractivity (Wildman–Crippen MR) is 60.3 cm³/mol. The van der Waals surface area contributed by atoms with Gasteiger partial charge in [0.2, 0.25) is 0 Å². The van der Waals surface area contributed by atoms with Crippen LogP contribution in [0.15, 0.2) is 30.3 Å². The quantitative estimate of drug-likeness (QED) is 0.825. The van der Waals surface area contributed by atoms with Crippen molar-refractivity contribution in [3.05, 3.63) is 35.9 Å². The Kier molecular flexibility index (Phi) is 3.07. The van der Waals surface area contributed by atoms with E-state index in [2.05, 4.69) is 5.32 Å². The minimum Gasteiger partial charge on any atom is -0.316 e. The highest BCUT2D eigenvalue weighted by Gasteiger charge is 2.24. The van der Waals surface area contributed by atoms with Crippen LogP contribution in [0.2, 0.25) is 0 Å². The zero-order valence-corrected chi connectivity index (χ0v) is 9.33. The van der Waals surface area contributed by atoms with Gasteiger partial charge in [0.05, 0.1) is 11.5 Å². The molecule has 3 nitrogen and oxygen atoms in total. The Morgan fingerprint density at radius 1 is 1.20 bits per heavy atom. The summed E-state index contributed by atoms with van der Waals surface area (Å²) in [6.45, 7) is 1.68. The third-order valence-corrected chi connectivity index (χ3v) is 4.34. The van der Waals surface area contributed by atoms with Crippen LogP contribution in [0.25, 0.3) is 0 Å². The van der Waals surface area contributed by atoms with Crippen LogP contribution in [0, 0.1) is 5.92 Å². The molecule has 0 amide bonds. The Balaban J connectivity index is 1.98. The molecule has 1 saturated heterocycles. The van der Waals surface area contributed by atoms with Gasteiger partial charge >= 0.3 is 0 Å². The number of benzene rings is 1. The van der Waals surface area contributed by atoms with Crippen molar-refractivity contribution in [2.45, 2.75) is 5.75 Å². The lowest BCUT2D eigenvalue weighted by molar-refractivity contribution is 0.378. The second-order valence-corrected chi connectivity index (χ2v) is 6.17. The lowest BCUT2D eigenvalue weighted by Gasteiger charge is -2.26. The van der Waals surface area contributed by atoms with Crippen molar-refractivity contribution in [1.29, 1.82) is 0 Å². The van der Waals surface area contributed by atoms with E-state index in [1.165, 1.54) is 0 Å². The Morgan fingerprint density at radius 3 is 2.40 bits per heavy atom. The lowest BCUT2D eigenvalue weighted by atomic mass is 10.1. The van der Waals surface area contributed by atoms with Gasteiger partial charge in [0.1, 0.15) is 0 Å². The zero-order chi connectivity index (χ0) is 10.7. The highest BCUT2D eigenvalue weighted by Crippen LogP contribution is 2.12. The van der Waals surface area contributed by atoms with Crippen molar-refractivity contribution in [3.8, 4) is 0 Å². The average molecular weight is 225 g/mol. The molecular formula is C11H15NO2S. The number of rotatable bonds is 4. The molecule has 2 rings (SSSR count). The first-order valence-corrected chi connectivity index (χ1v) is 6.93. The first-order chi connectivity index (χ1) is 7.16. The summed E-state index contributed by atoms with van der Waals surface area (Å²) in [7, 11) is -2.93. The summed E-state index contributed by atoms with van der Waals surface area (Å²) in [5.41, 5.74) is 0.879. The van der Waals surface area contributed by atoms with Gasteiger partial charge in [0.25, 0.3) is 0 Å². The largest absolute Gasteiger partial charge is 0.316 e. The highest BCUT2D eigenvalue weighted by atomic mass is 32.2. The van der Waals surface area contributed by atoms with Crippen molar-refractivity contribution in [2.24, 2.45) is 5.92 Å². The van der Waals surface area contributed by atoms with Crippen LogP contribution >= 0.6 is 0 Å². The number of hydrogen-bond donors (Lipinski definition) is 1. The molecule has 1 N–H and O–H groups in total. The molecule has 0 unspecified atom stereocenters. The van der Waals surface area contributed by atoms with E-state index >= 15 is 0 Å². The molecule has 82 valence electrons. The fourth-order valence-corrected chi connectivity index (χ4v) is 3.48. The molecule has 15 heavy (non-hydrogen) atoms. The summed E-state index contributed by atoms with van der Waals surface area (Å²) in [6, 6.07) is 9.35. The Bertz CT molecular complexity index is 409. The van der Waals surface area contributed by atoms with E-state index in [9.17, 15) is 8.42 Å². The van der Waals surface area contributed by atoms with E-state index in [0.717, 1.165) is 18.7 Å². The molecule has 1 aliphatic heterocycles. The van der Waals surface area contributed by atoms with Gasteiger partial charge in [-0.05, 0) is 11.5 Å². The van der Waals surface area contributed by atoms with Gasteiger partial charge in [-0.3, -0.25) is 0 Å². The Labute approximate surface area is 90.4 Å². The summed E-state index contributed by atoms with van der Waals surface area (Å²) in [4.78, 5) is 0. The molecule has 0 atom stereocenters.